The van der Waals surface area contributed by atoms with E-state index in [1.54, 1.807) is 23.0 Å². The molecule has 0 saturated carbocycles. The smallest absolute Gasteiger partial charge is 0.174 e. The van der Waals surface area contributed by atoms with E-state index < -0.39 is 0 Å². The summed E-state index contributed by atoms with van der Waals surface area (Å²) in [5.74, 6) is 1.22. The summed E-state index contributed by atoms with van der Waals surface area (Å²) in [6, 6.07) is 2.08. The van der Waals surface area contributed by atoms with Crippen molar-refractivity contribution in [1.82, 2.24) is 15.0 Å². The first-order valence-electron chi connectivity index (χ1n) is 5.22. The molecule has 4 nitrogen and oxygen atoms in total. The summed E-state index contributed by atoms with van der Waals surface area (Å²) < 4.78 is 0. The van der Waals surface area contributed by atoms with E-state index >= 15 is 0 Å². The molecule has 0 bridgehead atoms. The third-order valence-corrected chi connectivity index (χ3v) is 4.42. The Bertz CT molecular complexity index is 657. The largest absolute Gasteiger partial charge is 0.383 e. The first-order valence-corrected chi connectivity index (χ1v) is 6.92. The fourth-order valence-corrected chi connectivity index (χ4v) is 3.13. The topological polar surface area (TPSA) is 64.7 Å². The number of thiophene rings is 1. The van der Waals surface area contributed by atoms with Crippen molar-refractivity contribution < 1.29 is 0 Å². The fraction of sp³-hybridized carbons (Fsp3) is 0.182. The van der Waals surface area contributed by atoms with Crippen LogP contribution in [0.5, 0.6) is 0 Å². The SMILES string of the molecule is CCc1cc2c(N)nc(-c3cncs3)nc2s1. The maximum Gasteiger partial charge on any atom is 0.174 e. The van der Waals surface area contributed by atoms with Crippen LogP contribution in [0.2, 0.25) is 0 Å². The predicted molar refractivity (Wildman–Crippen MR) is 72.3 cm³/mol. The third kappa shape index (κ3) is 1.79. The number of thiazole rings is 1. The molecule has 3 aromatic heterocycles. The second-order valence-corrected chi connectivity index (χ2v) is 5.58. The Morgan fingerprint density at radius 1 is 1.35 bits per heavy atom. The van der Waals surface area contributed by atoms with Gasteiger partial charge in [0.15, 0.2) is 5.82 Å². The summed E-state index contributed by atoms with van der Waals surface area (Å²) in [5.41, 5.74) is 7.74. The normalized spacial score (nSPS) is 11.1. The number of hydrogen-bond acceptors (Lipinski definition) is 6. The molecular weight excluding hydrogens is 252 g/mol. The molecule has 3 aromatic rings. The van der Waals surface area contributed by atoms with Crippen molar-refractivity contribution in [2.75, 3.05) is 5.73 Å². The molecule has 17 heavy (non-hydrogen) atoms. The van der Waals surface area contributed by atoms with Crippen molar-refractivity contribution in [3.63, 3.8) is 0 Å². The van der Waals surface area contributed by atoms with Gasteiger partial charge in [-0.05, 0) is 12.5 Å². The molecule has 86 valence electrons. The van der Waals surface area contributed by atoms with Crippen LogP contribution in [0.3, 0.4) is 0 Å². The van der Waals surface area contributed by atoms with E-state index in [9.17, 15) is 0 Å². The van der Waals surface area contributed by atoms with Crippen LogP contribution in [0.15, 0.2) is 17.8 Å². The molecule has 0 aliphatic rings. The lowest BCUT2D eigenvalue weighted by atomic mass is 10.3. The van der Waals surface area contributed by atoms with Gasteiger partial charge in [-0.3, -0.25) is 4.98 Å². The minimum Gasteiger partial charge on any atom is -0.383 e. The summed E-state index contributed by atoms with van der Waals surface area (Å²) >= 11 is 3.19. The highest BCUT2D eigenvalue weighted by atomic mass is 32.1. The number of anilines is 1. The summed E-state index contributed by atoms with van der Waals surface area (Å²) in [5, 5.41) is 0.958. The van der Waals surface area contributed by atoms with Crippen molar-refractivity contribution in [2.24, 2.45) is 0 Å². The summed E-state index contributed by atoms with van der Waals surface area (Å²) in [7, 11) is 0. The monoisotopic (exact) mass is 262 g/mol. The molecule has 2 N–H and O–H groups in total. The Balaban J connectivity index is 2.23. The average molecular weight is 262 g/mol. The molecule has 0 radical (unpaired) electrons. The van der Waals surface area contributed by atoms with Crippen LogP contribution in [0, 0.1) is 0 Å². The van der Waals surface area contributed by atoms with E-state index in [1.807, 2.05) is 0 Å². The number of aromatic nitrogens is 3. The number of rotatable bonds is 2. The van der Waals surface area contributed by atoms with Gasteiger partial charge in [0.2, 0.25) is 0 Å². The Hall–Kier alpha value is -1.53. The van der Waals surface area contributed by atoms with Gasteiger partial charge >= 0.3 is 0 Å². The van der Waals surface area contributed by atoms with E-state index in [0.29, 0.717) is 11.6 Å². The number of hydrogen-bond donors (Lipinski definition) is 1. The van der Waals surface area contributed by atoms with Gasteiger partial charge in [0, 0.05) is 11.1 Å². The molecule has 0 aliphatic carbocycles. The molecule has 0 aromatic carbocycles. The zero-order chi connectivity index (χ0) is 11.8. The highest BCUT2D eigenvalue weighted by Crippen LogP contribution is 2.30. The molecule has 3 heterocycles. The van der Waals surface area contributed by atoms with Gasteiger partial charge in [-0.2, -0.15) is 0 Å². The Kier molecular flexibility index (Phi) is 2.53. The minimum atomic E-state index is 0.550. The first kappa shape index (κ1) is 10.6. The second kappa shape index (κ2) is 4.05. The van der Waals surface area contributed by atoms with Gasteiger partial charge in [-0.1, -0.05) is 6.92 Å². The second-order valence-electron chi connectivity index (χ2n) is 3.58. The Labute approximate surface area is 106 Å². The lowest BCUT2D eigenvalue weighted by molar-refractivity contribution is 1.19. The zero-order valence-electron chi connectivity index (χ0n) is 9.17. The molecule has 6 heteroatoms. The van der Waals surface area contributed by atoms with Crippen LogP contribution in [0.1, 0.15) is 11.8 Å². The molecule has 0 aliphatic heterocycles. The van der Waals surface area contributed by atoms with Gasteiger partial charge in [0.05, 0.1) is 15.8 Å². The summed E-state index contributed by atoms with van der Waals surface area (Å²) in [6.07, 6.45) is 2.76. The van der Waals surface area contributed by atoms with Crippen molar-refractivity contribution in [3.8, 4) is 10.7 Å². The van der Waals surface area contributed by atoms with Gasteiger partial charge in [-0.15, -0.1) is 22.7 Å². The average Bonchev–Trinajstić information content (AvgIpc) is 2.97. The van der Waals surface area contributed by atoms with E-state index in [0.717, 1.165) is 21.5 Å². The minimum absolute atomic E-state index is 0.550. The van der Waals surface area contributed by atoms with Crippen LogP contribution in [0.4, 0.5) is 5.82 Å². The van der Waals surface area contributed by atoms with E-state index in [2.05, 4.69) is 27.9 Å². The molecular formula is C11H10N4S2. The van der Waals surface area contributed by atoms with E-state index in [-0.39, 0.29) is 0 Å². The maximum atomic E-state index is 5.97. The zero-order valence-corrected chi connectivity index (χ0v) is 10.8. The van der Waals surface area contributed by atoms with E-state index in [1.165, 1.54) is 16.2 Å². The number of aryl methyl sites for hydroxylation is 1. The first-order chi connectivity index (χ1) is 8.28. The molecule has 3 rings (SSSR count). The fourth-order valence-electron chi connectivity index (χ4n) is 1.60. The standard InChI is InChI=1S/C11H10N4S2/c1-2-6-3-7-9(12)14-10(15-11(7)17-6)8-4-13-5-16-8/h3-5H,2H2,1H3,(H2,12,14,15). The summed E-state index contributed by atoms with van der Waals surface area (Å²) in [4.78, 5) is 16.1. The van der Waals surface area contributed by atoms with Gasteiger partial charge in [0.25, 0.3) is 0 Å². The number of nitrogens with two attached hydrogens (primary N) is 1. The highest BCUT2D eigenvalue weighted by molar-refractivity contribution is 7.18. The van der Waals surface area contributed by atoms with Gasteiger partial charge in [0.1, 0.15) is 10.6 Å². The van der Waals surface area contributed by atoms with Crippen LogP contribution >= 0.6 is 22.7 Å². The molecule has 0 spiro atoms. The van der Waals surface area contributed by atoms with Crippen molar-refractivity contribution in [3.05, 3.63) is 22.7 Å². The molecule has 0 saturated heterocycles. The van der Waals surface area contributed by atoms with Gasteiger partial charge in [-0.25, -0.2) is 9.97 Å². The van der Waals surface area contributed by atoms with Crippen molar-refractivity contribution in [1.29, 1.82) is 0 Å². The third-order valence-electron chi connectivity index (χ3n) is 2.47. The molecule has 0 unspecified atom stereocenters. The highest BCUT2D eigenvalue weighted by Gasteiger charge is 2.11. The van der Waals surface area contributed by atoms with Gasteiger partial charge < -0.3 is 5.73 Å². The molecule has 0 atom stereocenters. The van der Waals surface area contributed by atoms with Crippen LogP contribution in [-0.2, 0) is 6.42 Å². The number of fused-ring (bicyclic) bond motifs is 1. The van der Waals surface area contributed by atoms with Crippen LogP contribution in [-0.4, -0.2) is 15.0 Å². The quantitative estimate of drug-likeness (QED) is 0.771. The Morgan fingerprint density at radius 2 is 2.24 bits per heavy atom. The summed E-state index contributed by atoms with van der Waals surface area (Å²) in [6.45, 7) is 2.12. The number of nitrogens with zero attached hydrogens (tertiary/aromatic N) is 3. The van der Waals surface area contributed by atoms with Crippen LogP contribution in [0.25, 0.3) is 20.9 Å². The van der Waals surface area contributed by atoms with Crippen molar-refractivity contribution in [2.45, 2.75) is 13.3 Å². The lowest BCUT2D eigenvalue weighted by Gasteiger charge is -1.98. The van der Waals surface area contributed by atoms with E-state index in [4.69, 9.17) is 5.73 Å². The lowest BCUT2D eigenvalue weighted by Crippen LogP contribution is -1.94. The predicted octanol–water partition coefficient (Wildman–Crippen LogP) is 2.96. The van der Waals surface area contributed by atoms with Crippen molar-refractivity contribution >= 4 is 38.7 Å². The number of nitrogen functional groups attached to an aromatic ring is 1. The molecule has 0 amide bonds. The molecule has 0 fully saturated rings. The van der Waals surface area contributed by atoms with Crippen LogP contribution < -0.4 is 5.73 Å². The Morgan fingerprint density at radius 3 is 2.94 bits per heavy atom. The maximum absolute atomic E-state index is 5.97.